The van der Waals surface area contributed by atoms with Crippen molar-refractivity contribution in [2.24, 2.45) is 0 Å². The third-order valence-corrected chi connectivity index (χ3v) is 2.88. The normalized spacial score (nSPS) is 10.5. The Hall–Kier alpha value is -1.96. The number of aromatic amines is 1. The van der Waals surface area contributed by atoms with Crippen LogP contribution in [0.1, 0.15) is 17.3 Å². The van der Waals surface area contributed by atoms with E-state index >= 15 is 0 Å². The van der Waals surface area contributed by atoms with Gasteiger partial charge in [-0.1, -0.05) is 18.7 Å². The Morgan fingerprint density at radius 2 is 2.21 bits per heavy atom. The third kappa shape index (κ3) is 3.28. The molecular formula is C11H10F2N4OS. The highest BCUT2D eigenvalue weighted by Crippen LogP contribution is 2.14. The molecular weight excluding hydrogens is 274 g/mol. The van der Waals surface area contributed by atoms with Gasteiger partial charge >= 0.3 is 0 Å². The Balaban J connectivity index is 2.09. The van der Waals surface area contributed by atoms with Crippen LogP contribution in [0.3, 0.4) is 0 Å². The van der Waals surface area contributed by atoms with Crippen LogP contribution < -0.4 is 5.32 Å². The van der Waals surface area contributed by atoms with E-state index in [4.69, 9.17) is 0 Å². The first-order valence-electron chi connectivity index (χ1n) is 5.41. The number of thioether (sulfide) groups is 1. The van der Waals surface area contributed by atoms with E-state index in [0.29, 0.717) is 5.16 Å². The summed E-state index contributed by atoms with van der Waals surface area (Å²) in [7, 11) is 0. The minimum Gasteiger partial charge on any atom is -0.291 e. The first kappa shape index (κ1) is 13.5. The molecule has 0 aliphatic carbocycles. The number of amides is 1. The zero-order valence-electron chi connectivity index (χ0n) is 9.91. The molecule has 2 rings (SSSR count). The summed E-state index contributed by atoms with van der Waals surface area (Å²) in [5, 5.41) is 9.31. The van der Waals surface area contributed by atoms with Crippen molar-refractivity contribution in [2.75, 3.05) is 11.1 Å². The molecule has 0 unspecified atom stereocenters. The Kier molecular flexibility index (Phi) is 4.10. The Bertz CT molecular complexity index is 602. The zero-order chi connectivity index (χ0) is 13.8. The number of nitrogens with zero attached hydrogens (tertiary/aromatic N) is 2. The van der Waals surface area contributed by atoms with Crippen molar-refractivity contribution < 1.29 is 13.6 Å². The first-order chi connectivity index (χ1) is 9.10. The van der Waals surface area contributed by atoms with E-state index in [2.05, 4.69) is 20.5 Å². The van der Waals surface area contributed by atoms with Gasteiger partial charge in [-0.15, -0.1) is 5.10 Å². The lowest BCUT2D eigenvalue weighted by Gasteiger charge is -2.01. The minimum absolute atomic E-state index is 0.00000501. The summed E-state index contributed by atoms with van der Waals surface area (Å²) in [5.74, 6) is -1.71. The third-order valence-electron chi connectivity index (χ3n) is 2.15. The van der Waals surface area contributed by atoms with Gasteiger partial charge in [-0.2, -0.15) is 4.98 Å². The molecule has 0 saturated carbocycles. The van der Waals surface area contributed by atoms with Crippen LogP contribution >= 0.6 is 11.8 Å². The number of H-pyrrole nitrogens is 1. The smallest absolute Gasteiger partial charge is 0.258 e. The number of aromatic nitrogens is 3. The summed E-state index contributed by atoms with van der Waals surface area (Å²) in [6.45, 7) is 1.95. The maximum absolute atomic E-state index is 13.0. The lowest BCUT2D eigenvalue weighted by atomic mass is 10.2. The van der Waals surface area contributed by atoms with Gasteiger partial charge in [0.25, 0.3) is 5.91 Å². The molecule has 5 nitrogen and oxygen atoms in total. The van der Waals surface area contributed by atoms with Gasteiger partial charge in [-0.3, -0.25) is 10.1 Å². The fourth-order valence-corrected chi connectivity index (χ4v) is 1.84. The second-order valence-electron chi connectivity index (χ2n) is 3.48. The minimum atomic E-state index is -1.08. The van der Waals surface area contributed by atoms with Crippen molar-refractivity contribution in [1.82, 2.24) is 15.2 Å². The van der Waals surface area contributed by atoms with Gasteiger partial charge in [0.2, 0.25) is 11.1 Å². The van der Waals surface area contributed by atoms with Crippen molar-refractivity contribution in [2.45, 2.75) is 12.1 Å². The van der Waals surface area contributed by atoms with Crippen LogP contribution in [0.4, 0.5) is 14.7 Å². The number of nitrogens with one attached hydrogen (secondary N) is 2. The average Bonchev–Trinajstić information content (AvgIpc) is 2.80. The fourth-order valence-electron chi connectivity index (χ4n) is 1.31. The Morgan fingerprint density at radius 3 is 2.89 bits per heavy atom. The fraction of sp³-hybridized carbons (Fsp3) is 0.182. The molecule has 0 aliphatic heterocycles. The highest BCUT2D eigenvalue weighted by Gasteiger charge is 2.12. The van der Waals surface area contributed by atoms with Gasteiger partial charge in [0, 0.05) is 5.56 Å². The predicted molar refractivity (Wildman–Crippen MR) is 67.1 cm³/mol. The van der Waals surface area contributed by atoms with Gasteiger partial charge in [0.1, 0.15) is 0 Å². The molecule has 2 aromatic rings. The second kappa shape index (κ2) is 5.79. The molecule has 0 radical (unpaired) electrons. The summed E-state index contributed by atoms with van der Waals surface area (Å²) < 4.78 is 25.7. The molecule has 19 heavy (non-hydrogen) atoms. The Labute approximate surface area is 111 Å². The summed E-state index contributed by atoms with van der Waals surface area (Å²) in [4.78, 5) is 15.8. The molecule has 1 amide bonds. The van der Waals surface area contributed by atoms with Gasteiger partial charge in [-0.25, -0.2) is 13.9 Å². The van der Waals surface area contributed by atoms with Crippen LogP contribution in [0, 0.1) is 11.6 Å². The first-order valence-corrected chi connectivity index (χ1v) is 6.40. The van der Waals surface area contributed by atoms with E-state index in [1.54, 1.807) is 0 Å². The van der Waals surface area contributed by atoms with E-state index in [1.807, 2.05) is 6.92 Å². The van der Waals surface area contributed by atoms with E-state index in [-0.39, 0.29) is 11.5 Å². The quantitative estimate of drug-likeness (QED) is 0.846. The number of benzene rings is 1. The number of carbonyl (C=O) groups excluding carboxylic acids is 1. The highest BCUT2D eigenvalue weighted by atomic mass is 32.2. The topological polar surface area (TPSA) is 70.7 Å². The molecule has 0 aliphatic rings. The van der Waals surface area contributed by atoms with E-state index < -0.39 is 17.5 Å². The molecule has 0 atom stereocenters. The van der Waals surface area contributed by atoms with Crippen molar-refractivity contribution in [3.63, 3.8) is 0 Å². The summed E-state index contributed by atoms with van der Waals surface area (Å²) in [5.41, 5.74) is -0.00000501. The lowest BCUT2D eigenvalue weighted by Crippen LogP contribution is -2.13. The number of rotatable bonds is 4. The molecule has 2 N–H and O–H groups in total. The number of anilines is 1. The maximum atomic E-state index is 13.0. The van der Waals surface area contributed by atoms with Crippen LogP contribution in [-0.4, -0.2) is 26.8 Å². The molecule has 8 heteroatoms. The predicted octanol–water partition coefficient (Wildman–Crippen LogP) is 2.45. The molecule has 1 aromatic carbocycles. The molecule has 1 aromatic heterocycles. The molecule has 1 heterocycles. The van der Waals surface area contributed by atoms with E-state index in [0.717, 1.165) is 17.9 Å². The van der Waals surface area contributed by atoms with E-state index in [9.17, 15) is 13.6 Å². The SMILES string of the molecule is CCSc1n[nH]c(NC(=O)c2ccc(F)c(F)c2)n1. The summed E-state index contributed by atoms with van der Waals surface area (Å²) in [6.07, 6.45) is 0. The van der Waals surface area contributed by atoms with Crippen LogP contribution in [0.15, 0.2) is 23.4 Å². The summed E-state index contributed by atoms with van der Waals surface area (Å²) >= 11 is 1.41. The Morgan fingerprint density at radius 1 is 1.42 bits per heavy atom. The van der Waals surface area contributed by atoms with Crippen LogP contribution in [0.25, 0.3) is 0 Å². The standard InChI is InChI=1S/C11H10F2N4OS/c1-2-19-11-15-10(16-17-11)14-9(18)6-3-4-7(12)8(13)5-6/h3-5H,2H2,1H3,(H2,14,15,16,17,18). The largest absolute Gasteiger partial charge is 0.291 e. The molecule has 0 saturated heterocycles. The van der Waals surface area contributed by atoms with Gasteiger partial charge in [-0.05, 0) is 24.0 Å². The number of halogens is 2. The van der Waals surface area contributed by atoms with Crippen molar-refractivity contribution in [3.8, 4) is 0 Å². The number of hydrogen-bond donors (Lipinski definition) is 2. The van der Waals surface area contributed by atoms with E-state index in [1.165, 1.54) is 17.8 Å². The second-order valence-corrected chi connectivity index (χ2v) is 4.71. The highest BCUT2D eigenvalue weighted by molar-refractivity contribution is 7.99. The van der Waals surface area contributed by atoms with Crippen molar-refractivity contribution in [1.29, 1.82) is 0 Å². The molecule has 0 bridgehead atoms. The van der Waals surface area contributed by atoms with Crippen molar-refractivity contribution >= 4 is 23.6 Å². The lowest BCUT2D eigenvalue weighted by molar-refractivity contribution is 0.102. The molecule has 0 spiro atoms. The van der Waals surface area contributed by atoms with Gasteiger partial charge in [0.05, 0.1) is 0 Å². The van der Waals surface area contributed by atoms with Crippen LogP contribution in [0.2, 0.25) is 0 Å². The monoisotopic (exact) mass is 284 g/mol. The number of hydrogen-bond acceptors (Lipinski definition) is 4. The van der Waals surface area contributed by atoms with Crippen LogP contribution in [0.5, 0.6) is 0 Å². The van der Waals surface area contributed by atoms with Gasteiger partial charge in [0.15, 0.2) is 11.6 Å². The van der Waals surface area contributed by atoms with Crippen LogP contribution in [-0.2, 0) is 0 Å². The average molecular weight is 284 g/mol. The molecule has 100 valence electrons. The van der Waals surface area contributed by atoms with Gasteiger partial charge < -0.3 is 0 Å². The summed E-state index contributed by atoms with van der Waals surface area (Å²) in [6, 6.07) is 2.90. The molecule has 0 fully saturated rings. The van der Waals surface area contributed by atoms with Crippen molar-refractivity contribution in [3.05, 3.63) is 35.4 Å². The maximum Gasteiger partial charge on any atom is 0.258 e. The zero-order valence-corrected chi connectivity index (χ0v) is 10.7. The number of carbonyl (C=O) groups is 1.